The quantitative estimate of drug-likeness (QED) is 0.530. The Morgan fingerprint density at radius 1 is 1.06 bits per heavy atom. The smallest absolute Gasteiger partial charge is 0.267 e. The fourth-order valence-electron chi connectivity index (χ4n) is 3.90. The van der Waals surface area contributed by atoms with Crippen molar-refractivity contribution >= 4 is 28.6 Å². The number of methoxy groups -OCH3 is 2. The molecule has 0 radical (unpaired) electrons. The van der Waals surface area contributed by atoms with Gasteiger partial charge < -0.3 is 19.7 Å². The van der Waals surface area contributed by atoms with Crippen molar-refractivity contribution in [2.75, 3.05) is 37.5 Å². The van der Waals surface area contributed by atoms with E-state index in [1.807, 2.05) is 18.2 Å². The van der Waals surface area contributed by atoms with Gasteiger partial charge in [0, 0.05) is 18.7 Å². The van der Waals surface area contributed by atoms with E-state index in [4.69, 9.17) is 9.47 Å². The lowest BCUT2D eigenvalue weighted by atomic mass is 10.1. The molecule has 6 nitrogen and oxygen atoms in total. The van der Waals surface area contributed by atoms with E-state index < -0.39 is 0 Å². The standard InChI is InChI=1S/C24H26FN3O3S/c1-15-22(32-24(26-15)16-7-10-20(30-2)21(13-16)31-3)23(29)27-18-14-17(25)8-9-19(18)28-11-5-4-6-12-28/h7-10,13-14H,4-6,11-12H2,1-3H3,(H,27,29). The molecule has 1 aliphatic heterocycles. The van der Waals surface area contributed by atoms with Crippen LogP contribution < -0.4 is 19.7 Å². The number of nitrogens with zero attached hydrogens (tertiary/aromatic N) is 2. The monoisotopic (exact) mass is 455 g/mol. The number of halogens is 1. The molecule has 1 saturated heterocycles. The van der Waals surface area contributed by atoms with Crippen molar-refractivity contribution in [1.29, 1.82) is 0 Å². The number of carbonyl (C=O) groups is 1. The summed E-state index contributed by atoms with van der Waals surface area (Å²) in [6, 6.07) is 10.1. The molecule has 0 unspecified atom stereocenters. The molecule has 1 aliphatic rings. The van der Waals surface area contributed by atoms with Gasteiger partial charge in [0.15, 0.2) is 11.5 Å². The molecule has 168 valence electrons. The Hall–Kier alpha value is -3.13. The molecule has 0 atom stereocenters. The van der Waals surface area contributed by atoms with Crippen LogP contribution in [-0.2, 0) is 0 Å². The van der Waals surface area contributed by atoms with Gasteiger partial charge in [0.1, 0.15) is 15.7 Å². The number of nitrogens with one attached hydrogen (secondary N) is 1. The normalized spacial score (nSPS) is 13.7. The van der Waals surface area contributed by atoms with Crippen LogP contribution in [0.2, 0.25) is 0 Å². The van der Waals surface area contributed by atoms with E-state index in [9.17, 15) is 9.18 Å². The van der Waals surface area contributed by atoms with Crippen LogP contribution in [0.25, 0.3) is 10.6 Å². The Balaban J connectivity index is 1.60. The minimum atomic E-state index is -0.381. The summed E-state index contributed by atoms with van der Waals surface area (Å²) in [5, 5.41) is 3.61. The number of ether oxygens (including phenoxy) is 2. The highest BCUT2D eigenvalue weighted by atomic mass is 32.1. The first-order chi connectivity index (χ1) is 15.5. The lowest BCUT2D eigenvalue weighted by Crippen LogP contribution is -2.30. The minimum absolute atomic E-state index is 0.296. The van der Waals surface area contributed by atoms with Crippen LogP contribution in [0.3, 0.4) is 0 Å². The number of anilines is 2. The number of aryl methyl sites for hydroxylation is 1. The molecule has 0 bridgehead atoms. The van der Waals surface area contributed by atoms with E-state index in [1.54, 1.807) is 27.2 Å². The molecular weight excluding hydrogens is 429 g/mol. The molecule has 1 aromatic heterocycles. The Bertz CT molecular complexity index is 1130. The number of hydrogen-bond acceptors (Lipinski definition) is 6. The molecule has 32 heavy (non-hydrogen) atoms. The van der Waals surface area contributed by atoms with Gasteiger partial charge in [-0.3, -0.25) is 4.79 Å². The van der Waals surface area contributed by atoms with E-state index in [0.717, 1.165) is 37.2 Å². The topological polar surface area (TPSA) is 63.7 Å². The average molecular weight is 456 g/mol. The number of aromatic nitrogens is 1. The first kappa shape index (κ1) is 22.1. The Labute approximate surface area is 191 Å². The van der Waals surface area contributed by atoms with Crippen LogP contribution in [0.5, 0.6) is 11.5 Å². The van der Waals surface area contributed by atoms with Gasteiger partial charge in [-0.2, -0.15) is 0 Å². The number of benzene rings is 2. The number of hydrogen-bond donors (Lipinski definition) is 1. The molecule has 4 rings (SSSR count). The molecule has 0 saturated carbocycles. The van der Waals surface area contributed by atoms with Crippen LogP contribution in [0, 0.1) is 12.7 Å². The van der Waals surface area contributed by atoms with Gasteiger partial charge in [0.05, 0.1) is 31.3 Å². The summed E-state index contributed by atoms with van der Waals surface area (Å²) in [4.78, 5) is 20.4. The summed E-state index contributed by atoms with van der Waals surface area (Å²) in [5.74, 6) is 0.539. The third-order valence-electron chi connectivity index (χ3n) is 5.54. The summed E-state index contributed by atoms with van der Waals surface area (Å²) in [7, 11) is 3.16. The zero-order valence-electron chi connectivity index (χ0n) is 18.4. The van der Waals surface area contributed by atoms with Gasteiger partial charge in [-0.15, -0.1) is 11.3 Å². The molecule has 2 heterocycles. The Morgan fingerprint density at radius 2 is 1.81 bits per heavy atom. The fraction of sp³-hybridized carbons (Fsp3) is 0.333. The number of carbonyl (C=O) groups excluding carboxylic acids is 1. The van der Waals surface area contributed by atoms with Gasteiger partial charge in [-0.1, -0.05) is 0 Å². The molecule has 3 aromatic rings. The molecule has 0 spiro atoms. The fourth-order valence-corrected chi connectivity index (χ4v) is 4.86. The zero-order valence-corrected chi connectivity index (χ0v) is 19.2. The highest BCUT2D eigenvalue weighted by molar-refractivity contribution is 7.17. The SMILES string of the molecule is COc1ccc(-c2nc(C)c(C(=O)Nc3cc(F)ccc3N3CCCCC3)s2)cc1OC. The van der Waals surface area contributed by atoms with Gasteiger partial charge in [0.25, 0.3) is 5.91 Å². The number of thiazole rings is 1. The predicted molar refractivity (Wildman–Crippen MR) is 126 cm³/mol. The van der Waals surface area contributed by atoms with Crippen LogP contribution in [0.1, 0.15) is 34.6 Å². The van der Waals surface area contributed by atoms with Gasteiger partial charge in [-0.05, 0) is 62.6 Å². The second kappa shape index (κ2) is 9.56. The Morgan fingerprint density at radius 3 is 2.53 bits per heavy atom. The molecule has 1 amide bonds. The van der Waals surface area contributed by atoms with Crippen LogP contribution in [-0.4, -0.2) is 38.2 Å². The average Bonchev–Trinajstić information content (AvgIpc) is 3.21. The van der Waals surface area contributed by atoms with Crippen molar-refractivity contribution in [2.24, 2.45) is 0 Å². The van der Waals surface area contributed by atoms with E-state index >= 15 is 0 Å². The largest absolute Gasteiger partial charge is 0.493 e. The predicted octanol–water partition coefficient (Wildman–Crippen LogP) is 5.52. The maximum absolute atomic E-state index is 14.0. The third-order valence-corrected chi connectivity index (χ3v) is 6.74. The molecular formula is C24H26FN3O3S. The first-order valence-corrected chi connectivity index (χ1v) is 11.4. The summed E-state index contributed by atoms with van der Waals surface area (Å²) < 4.78 is 24.7. The summed E-state index contributed by atoms with van der Waals surface area (Å²) in [6.45, 7) is 3.60. The van der Waals surface area contributed by atoms with E-state index in [2.05, 4.69) is 15.2 Å². The van der Waals surface area contributed by atoms with Crippen molar-refractivity contribution in [3.05, 3.63) is 52.8 Å². The summed E-state index contributed by atoms with van der Waals surface area (Å²) in [6.07, 6.45) is 3.37. The highest BCUT2D eigenvalue weighted by Gasteiger charge is 2.21. The van der Waals surface area contributed by atoms with Crippen LogP contribution in [0.15, 0.2) is 36.4 Å². The number of piperidine rings is 1. The Kier molecular flexibility index (Phi) is 6.60. The van der Waals surface area contributed by atoms with Crippen LogP contribution in [0.4, 0.5) is 15.8 Å². The van der Waals surface area contributed by atoms with Crippen molar-refractivity contribution in [1.82, 2.24) is 4.98 Å². The molecule has 8 heteroatoms. The van der Waals surface area contributed by atoms with Gasteiger partial charge >= 0.3 is 0 Å². The molecule has 1 N–H and O–H groups in total. The third kappa shape index (κ3) is 4.55. The second-order valence-corrected chi connectivity index (χ2v) is 8.67. The lowest BCUT2D eigenvalue weighted by Gasteiger charge is -2.30. The highest BCUT2D eigenvalue weighted by Crippen LogP contribution is 2.36. The molecule has 2 aromatic carbocycles. The summed E-state index contributed by atoms with van der Waals surface area (Å²) in [5.41, 5.74) is 2.78. The van der Waals surface area contributed by atoms with Crippen molar-refractivity contribution in [3.63, 3.8) is 0 Å². The van der Waals surface area contributed by atoms with E-state index in [-0.39, 0.29) is 11.7 Å². The van der Waals surface area contributed by atoms with Crippen molar-refractivity contribution in [2.45, 2.75) is 26.2 Å². The molecule has 1 fully saturated rings. The maximum Gasteiger partial charge on any atom is 0.267 e. The summed E-state index contributed by atoms with van der Waals surface area (Å²) >= 11 is 1.29. The zero-order chi connectivity index (χ0) is 22.7. The minimum Gasteiger partial charge on any atom is -0.493 e. The van der Waals surface area contributed by atoms with Gasteiger partial charge in [0.2, 0.25) is 0 Å². The van der Waals surface area contributed by atoms with Crippen LogP contribution >= 0.6 is 11.3 Å². The number of rotatable bonds is 6. The maximum atomic E-state index is 14.0. The van der Waals surface area contributed by atoms with Crippen molar-refractivity contribution < 1.29 is 18.7 Å². The number of amides is 1. The van der Waals surface area contributed by atoms with Crippen molar-refractivity contribution in [3.8, 4) is 22.1 Å². The lowest BCUT2D eigenvalue weighted by molar-refractivity contribution is 0.103. The van der Waals surface area contributed by atoms with E-state index in [0.29, 0.717) is 32.8 Å². The second-order valence-electron chi connectivity index (χ2n) is 7.67. The van der Waals surface area contributed by atoms with E-state index in [1.165, 1.54) is 29.9 Å². The first-order valence-electron chi connectivity index (χ1n) is 10.6. The molecule has 0 aliphatic carbocycles. The van der Waals surface area contributed by atoms with Gasteiger partial charge in [-0.25, -0.2) is 9.37 Å².